The molecule has 3 aromatic rings. The van der Waals surface area contributed by atoms with Crippen molar-refractivity contribution in [3.63, 3.8) is 0 Å². The van der Waals surface area contributed by atoms with E-state index in [-0.39, 0.29) is 12.5 Å². The lowest BCUT2D eigenvalue weighted by molar-refractivity contribution is -0.683. The maximum atomic E-state index is 12.6. The number of rotatable bonds is 5. The van der Waals surface area contributed by atoms with Crippen LogP contribution in [0, 0.1) is 6.92 Å². The summed E-state index contributed by atoms with van der Waals surface area (Å²) in [4.78, 5) is 12.6. The van der Waals surface area contributed by atoms with Gasteiger partial charge in [-0.25, -0.2) is 0 Å². The summed E-state index contributed by atoms with van der Waals surface area (Å²) in [6.45, 7) is 6.60. The highest BCUT2D eigenvalue weighted by Crippen LogP contribution is 2.27. The number of nitrogens with zero attached hydrogens (tertiary/aromatic N) is 1. The number of hydrogen-bond donors (Lipinski definition) is 1. The zero-order valence-corrected chi connectivity index (χ0v) is 15.6. The standard InChI is InChI=1S/C23H24N2O/c1-17(2)21-13-7-9-18(3)23(21)24-22(26)16-25-14-8-12-20(15-25)19-10-5-4-6-11-19/h4-15,17H,16H2,1-3H3/p+1. The number of aryl methyl sites for hydroxylation is 1. The van der Waals surface area contributed by atoms with Crippen LogP contribution in [0.4, 0.5) is 5.69 Å². The average molecular weight is 345 g/mol. The lowest BCUT2D eigenvalue weighted by atomic mass is 9.98. The Kier molecular flexibility index (Phi) is 5.47. The van der Waals surface area contributed by atoms with Gasteiger partial charge >= 0.3 is 0 Å². The molecule has 26 heavy (non-hydrogen) atoms. The molecule has 2 aromatic carbocycles. The Balaban J connectivity index is 1.78. The molecule has 0 aliphatic carbocycles. The minimum absolute atomic E-state index is 0.0172. The van der Waals surface area contributed by atoms with Gasteiger partial charge in [-0.3, -0.25) is 4.79 Å². The van der Waals surface area contributed by atoms with Crippen LogP contribution in [0.15, 0.2) is 73.1 Å². The van der Waals surface area contributed by atoms with Gasteiger partial charge in [0.2, 0.25) is 6.54 Å². The second-order valence-electron chi connectivity index (χ2n) is 6.87. The van der Waals surface area contributed by atoms with E-state index < -0.39 is 0 Å². The Bertz CT molecular complexity index is 901. The van der Waals surface area contributed by atoms with Crippen molar-refractivity contribution in [1.29, 1.82) is 0 Å². The quantitative estimate of drug-likeness (QED) is 0.667. The molecule has 0 radical (unpaired) electrons. The van der Waals surface area contributed by atoms with E-state index in [1.165, 1.54) is 5.56 Å². The summed E-state index contributed by atoms with van der Waals surface area (Å²) in [6.07, 6.45) is 3.93. The predicted molar refractivity (Wildman–Crippen MR) is 106 cm³/mol. The normalized spacial score (nSPS) is 10.8. The van der Waals surface area contributed by atoms with Gasteiger partial charge in [0.15, 0.2) is 12.4 Å². The van der Waals surface area contributed by atoms with Crippen molar-refractivity contribution >= 4 is 11.6 Å². The first-order valence-corrected chi connectivity index (χ1v) is 8.98. The third-order valence-corrected chi connectivity index (χ3v) is 4.48. The predicted octanol–water partition coefficient (Wildman–Crippen LogP) is 4.71. The zero-order chi connectivity index (χ0) is 18.5. The fourth-order valence-electron chi connectivity index (χ4n) is 3.11. The van der Waals surface area contributed by atoms with E-state index in [1.54, 1.807) is 0 Å². The van der Waals surface area contributed by atoms with Gasteiger partial charge in [0.25, 0.3) is 5.91 Å². The molecule has 0 fully saturated rings. The number of amides is 1. The molecule has 1 aromatic heterocycles. The first-order chi connectivity index (χ1) is 12.5. The van der Waals surface area contributed by atoms with Gasteiger partial charge in [0.05, 0.1) is 0 Å². The van der Waals surface area contributed by atoms with Crippen molar-refractivity contribution in [2.75, 3.05) is 5.32 Å². The summed E-state index contributed by atoms with van der Waals surface area (Å²) in [7, 11) is 0. The third-order valence-electron chi connectivity index (χ3n) is 4.48. The maximum absolute atomic E-state index is 12.6. The molecule has 1 N–H and O–H groups in total. The van der Waals surface area contributed by atoms with Gasteiger partial charge in [0.1, 0.15) is 0 Å². The van der Waals surface area contributed by atoms with Crippen molar-refractivity contribution in [2.45, 2.75) is 33.2 Å². The molecule has 0 bridgehead atoms. The maximum Gasteiger partial charge on any atom is 0.290 e. The molecule has 3 nitrogen and oxygen atoms in total. The number of carbonyl (C=O) groups excluding carboxylic acids is 1. The number of anilines is 1. The van der Waals surface area contributed by atoms with E-state index in [9.17, 15) is 4.79 Å². The highest BCUT2D eigenvalue weighted by molar-refractivity contribution is 5.91. The van der Waals surface area contributed by atoms with Crippen LogP contribution in [0.1, 0.15) is 30.9 Å². The number of carbonyl (C=O) groups is 1. The van der Waals surface area contributed by atoms with Crippen molar-refractivity contribution in [1.82, 2.24) is 0 Å². The lowest BCUT2D eigenvalue weighted by Crippen LogP contribution is -2.40. The summed E-state index contributed by atoms with van der Waals surface area (Å²) in [6, 6.07) is 20.4. The molecule has 0 aliphatic heterocycles. The first kappa shape index (κ1) is 17.9. The summed E-state index contributed by atoms with van der Waals surface area (Å²) < 4.78 is 1.92. The fourth-order valence-corrected chi connectivity index (χ4v) is 3.11. The molecular formula is C23H25N2O+. The third kappa shape index (κ3) is 4.17. The number of aromatic nitrogens is 1. The fraction of sp³-hybridized carbons (Fsp3) is 0.217. The van der Waals surface area contributed by atoms with Crippen molar-refractivity contribution in [2.24, 2.45) is 0 Å². The monoisotopic (exact) mass is 345 g/mol. The second-order valence-corrected chi connectivity index (χ2v) is 6.87. The van der Waals surface area contributed by atoms with Crippen LogP contribution >= 0.6 is 0 Å². The van der Waals surface area contributed by atoms with Gasteiger partial charge in [0, 0.05) is 17.3 Å². The number of benzene rings is 2. The van der Waals surface area contributed by atoms with Gasteiger partial charge in [-0.1, -0.05) is 62.4 Å². The Morgan fingerprint density at radius 3 is 2.42 bits per heavy atom. The zero-order valence-electron chi connectivity index (χ0n) is 15.6. The Morgan fingerprint density at radius 1 is 0.962 bits per heavy atom. The highest BCUT2D eigenvalue weighted by atomic mass is 16.1. The molecule has 132 valence electrons. The van der Waals surface area contributed by atoms with E-state index in [2.05, 4.69) is 43.4 Å². The SMILES string of the molecule is Cc1cccc(C(C)C)c1NC(=O)C[n+]1cccc(-c2ccccc2)c1. The van der Waals surface area contributed by atoms with Crippen LogP contribution < -0.4 is 9.88 Å². The van der Waals surface area contributed by atoms with Crippen molar-refractivity contribution in [3.05, 3.63) is 84.2 Å². The topological polar surface area (TPSA) is 33.0 Å². The second kappa shape index (κ2) is 7.96. The minimum Gasteiger partial charge on any atom is -0.320 e. The average Bonchev–Trinajstić information content (AvgIpc) is 2.64. The molecule has 0 saturated heterocycles. The van der Waals surface area contributed by atoms with Gasteiger partial charge in [-0.15, -0.1) is 0 Å². The molecule has 0 atom stereocenters. The number of para-hydroxylation sites is 1. The van der Waals surface area contributed by atoms with E-state index in [1.807, 2.05) is 60.3 Å². The van der Waals surface area contributed by atoms with Crippen LogP contribution in [0.25, 0.3) is 11.1 Å². The Labute approximate surface area is 155 Å². The highest BCUT2D eigenvalue weighted by Gasteiger charge is 2.15. The molecule has 0 saturated carbocycles. The number of pyridine rings is 1. The van der Waals surface area contributed by atoms with Crippen LogP contribution in [0.5, 0.6) is 0 Å². The van der Waals surface area contributed by atoms with Crippen LogP contribution in [-0.2, 0) is 11.3 Å². The molecule has 1 amide bonds. The number of nitrogens with one attached hydrogen (secondary N) is 1. The molecule has 3 rings (SSSR count). The summed E-state index contributed by atoms with van der Waals surface area (Å²) in [5.41, 5.74) is 5.43. The Hall–Kier alpha value is -2.94. The van der Waals surface area contributed by atoms with Gasteiger partial charge < -0.3 is 5.32 Å². The number of hydrogen-bond acceptors (Lipinski definition) is 1. The smallest absolute Gasteiger partial charge is 0.290 e. The van der Waals surface area contributed by atoms with Crippen LogP contribution in [0.2, 0.25) is 0 Å². The molecular weight excluding hydrogens is 320 g/mol. The molecule has 0 unspecified atom stereocenters. The minimum atomic E-state index is -0.0172. The molecule has 0 spiro atoms. The van der Waals surface area contributed by atoms with Crippen LogP contribution in [0.3, 0.4) is 0 Å². The first-order valence-electron chi connectivity index (χ1n) is 8.98. The van der Waals surface area contributed by atoms with Gasteiger partial charge in [-0.05, 0) is 35.6 Å². The van der Waals surface area contributed by atoms with E-state index in [0.29, 0.717) is 5.92 Å². The van der Waals surface area contributed by atoms with Crippen molar-refractivity contribution < 1.29 is 9.36 Å². The summed E-state index contributed by atoms with van der Waals surface area (Å²) >= 11 is 0. The molecule has 1 heterocycles. The molecule has 0 aliphatic rings. The summed E-state index contributed by atoms with van der Waals surface area (Å²) in [5, 5.41) is 3.11. The largest absolute Gasteiger partial charge is 0.320 e. The van der Waals surface area contributed by atoms with E-state index >= 15 is 0 Å². The van der Waals surface area contributed by atoms with Crippen molar-refractivity contribution in [3.8, 4) is 11.1 Å². The van der Waals surface area contributed by atoms with Gasteiger partial charge in [-0.2, -0.15) is 4.57 Å². The van der Waals surface area contributed by atoms with E-state index in [0.717, 1.165) is 22.4 Å². The van der Waals surface area contributed by atoms with Crippen LogP contribution in [-0.4, -0.2) is 5.91 Å². The lowest BCUT2D eigenvalue weighted by Gasteiger charge is -2.15. The molecule has 3 heteroatoms. The van der Waals surface area contributed by atoms with E-state index in [4.69, 9.17) is 0 Å². The summed E-state index contributed by atoms with van der Waals surface area (Å²) in [5.74, 6) is 0.343. The Morgan fingerprint density at radius 2 is 1.69 bits per heavy atom.